The first-order valence-electron chi connectivity index (χ1n) is 8.02. The summed E-state index contributed by atoms with van der Waals surface area (Å²) in [6.45, 7) is 0.927. The third kappa shape index (κ3) is 3.14. The molecule has 26 heavy (non-hydrogen) atoms. The van der Waals surface area contributed by atoms with Gasteiger partial charge in [0.25, 0.3) is 0 Å². The molecule has 1 aromatic carbocycles. The van der Waals surface area contributed by atoms with Crippen LogP contribution in [0, 0.1) is 5.82 Å². The molecule has 3 aromatic heterocycles. The number of hydrogen-bond donors (Lipinski definition) is 2. The minimum Gasteiger partial charge on any atom is -0.475 e. The number of anilines is 2. The number of nitrogens with one attached hydrogen (secondary N) is 2. The summed E-state index contributed by atoms with van der Waals surface area (Å²) in [7, 11) is 1.62. The highest BCUT2D eigenvalue weighted by Crippen LogP contribution is 2.29. The minimum absolute atomic E-state index is 0.413. The van der Waals surface area contributed by atoms with Crippen LogP contribution in [0.5, 0.6) is 5.88 Å². The van der Waals surface area contributed by atoms with E-state index < -0.39 is 5.82 Å². The van der Waals surface area contributed by atoms with Crippen LogP contribution in [0.3, 0.4) is 0 Å². The fourth-order valence-corrected chi connectivity index (χ4v) is 2.68. The maximum Gasteiger partial charge on any atom is 0.221 e. The van der Waals surface area contributed by atoms with Crippen molar-refractivity contribution in [1.82, 2.24) is 20.2 Å². The largest absolute Gasteiger partial charge is 0.475 e. The number of ether oxygens (including phenoxy) is 2. The molecule has 4 rings (SSSR count). The van der Waals surface area contributed by atoms with E-state index in [2.05, 4.69) is 25.5 Å². The van der Waals surface area contributed by atoms with Gasteiger partial charge in [0.2, 0.25) is 5.88 Å². The molecule has 4 aromatic rings. The minimum atomic E-state index is -0.413. The van der Waals surface area contributed by atoms with Crippen molar-refractivity contribution < 1.29 is 13.9 Å². The van der Waals surface area contributed by atoms with E-state index in [1.807, 2.05) is 24.3 Å². The number of hydrogen-bond acceptors (Lipinski definition) is 6. The fraction of sp³-hybridized carbons (Fsp3) is 0.167. The quantitative estimate of drug-likeness (QED) is 0.517. The molecular formula is C18H16FN5O2. The molecule has 0 aliphatic carbocycles. The summed E-state index contributed by atoms with van der Waals surface area (Å²) in [6, 6.07) is 9.06. The van der Waals surface area contributed by atoms with Gasteiger partial charge < -0.3 is 14.8 Å². The Morgan fingerprint density at radius 2 is 2.04 bits per heavy atom. The number of rotatable bonds is 6. The maximum absolute atomic E-state index is 13.5. The Balaban J connectivity index is 1.64. The summed E-state index contributed by atoms with van der Waals surface area (Å²) >= 11 is 0. The van der Waals surface area contributed by atoms with Crippen LogP contribution in [0.15, 0.2) is 42.7 Å². The number of benzene rings is 1. The highest BCUT2D eigenvalue weighted by atomic mass is 19.1. The number of pyridine rings is 2. The van der Waals surface area contributed by atoms with Crippen molar-refractivity contribution in [3.8, 4) is 5.88 Å². The first-order chi connectivity index (χ1) is 12.7. The molecule has 0 spiro atoms. The van der Waals surface area contributed by atoms with Gasteiger partial charge >= 0.3 is 0 Å². The molecule has 0 aliphatic rings. The molecule has 0 aliphatic heterocycles. The molecule has 8 heteroatoms. The standard InChI is InChI=1S/C18H16FN5O2/c1-25-6-7-26-18-14-3-2-13(8-11(14)4-5-20-18)22-17-15-9-12(19)10-21-16(15)23-24-17/h2-5,8-10H,6-7H2,1H3,(H2,21,22,23,24). The average Bonchev–Trinajstić information content (AvgIpc) is 3.04. The molecule has 0 saturated heterocycles. The SMILES string of the molecule is COCCOc1nccc2cc(Nc3[nH]nc4ncc(F)cc34)ccc12. The van der Waals surface area contributed by atoms with Crippen LogP contribution in [0.25, 0.3) is 21.8 Å². The second-order valence-corrected chi connectivity index (χ2v) is 5.64. The zero-order valence-corrected chi connectivity index (χ0v) is 14.0. The molecule has 0 bridgehead atoms. The Labute approximate surface area is 148 Å². The first-order valence-corrected chi connectivity index (χ1v) is 8.02. The van der Waals surface area contributed by atoms with Crippen molar-refractivity contribution in [2.75, 3.05) is 25.6 Å². The van der Waals surface area contributed by atoms with E-state index >= 15 is 0 Å². The summed E-state index contributed by atoms with van der Waals surface area (Å²) in [5.41, 5.74) is 1.27. The van der Waals surface area contributed by atoms with Crippen molar-refractivity contribution in [3.63, 3.8) is 0 Å². The molecule has 132 valence electrons. The Kier molecular flexibility index (Phi) is 4.32. The Hall–Kier alpha value is -3.26. The van der Waals surface area contributed by atoms with E-state index in [-0.39, 0.29) is 0 Å². The summed E-state index contributed by atoms with van der Waals surface area (Å²) < 4.78 is 24.1. The monoisotopic (exact) mass is 353 g/mol. The van der Waals surface area contributed by atoms with Crippen LogP contribution >= 0.6 is 0 Å². The normalized spacial score (nSPS) is 11.2. The van der Waals surface area contributed by atoms with E-state index in [1.165, 1.54) is 6.07 Å². The van der Waals surface area contributed by atoms with Crippen molar-refractivity contribution in [2.45, 2.75) is 0 Å². The van der Waals surface area contributed by atoms with Gasteiger partial charge in [-0.05, 0) is 35.7 Å². The topological polar surface area (TPSA) is 85.0 Å². The van der Waals surface area contributed by atoms with E-state index in [0.717, 1.165) is 22.7 Å². The van der Waals surface area contributed by atoms with E-state index in [1.54, 1.807) is 13.3 Å². The Morgan fingerprint density at radius 3 is 2.92 bits per heavy atom. The number of halogens is 1. The smallest absolute Gasteiger partial charge is 0.221 e. The predicted octanol–water partition coefficient (Wildman–Crippen LogP) is 3.41. The number of aromatic nitrogens is 4. The first kappa shape index (κ1) is 16.2. The fourth-order valence-electron chi connectivity index (χ4n) is 2.68. The van der Waals surface area contributed by atoms with Gasteiger partial charge in [-0.25, -0.2) is 14.4 Å². The number of aromatic amines is 1. The number of methoxy groups -OCH3 is 1. The molecule has 2 N–H and O–H groups in total. The van der Waals surface area contributed by atoms with Crippen LogP contribution < -0.4 is 10.1 Å². The van der Waals surface area contributed by atoms with Crippen LogP contribution in [-0.4, -0.2) is 40.5 Å². The van der Waals surface area contributed by atoms with Crippen molar-refractivity contribution >= 4 is 33.3 Å². The van der Waals surface area contributed by atoms with Crippen LogP contribution in [-0.2, 0) is 4.74 Å². The maximum atomic E-state index is 13.5. The van der Waals surface area contributed by atoms with Gasteiger partial charge in [-0.15, -0.1) is 0 Å². The average molecular weight is 353 g/mol. The molecular weight excluding hydrogens is 337 g/mol. The lowest BCUT2D eigenvalue weighted by molar-refractivity contribution is 0.144. The zero-order valence-electron chi connectivity index (χ0n) is 14.0. The van der Waals surface area contributed by atoms with E-state index in [9.17, 15) is 4.39 Å². The van der Waals surface area contributed by atoms with Gasteiger partial charge in [0, 0.05) is 24.4 Å². The summed E-state index contributed by atoms with van der Waals surface area (Å²) in [5, 5.41) is 12.6. The molecule has 7 nitrogen and oxygen atoms in total. The molecule has 0 saturated carbocycles. The predicted molar refractivity (Wildman–Crippen MR) is 96.2 cm³/mol. The summed E-state index contributed by atoms with van der Waals surface area (Å²) in [4.78, 5) is 8.22. The van der Waals surface area contributed by atoms with Crippen molar-refractivity contribution in [3.05, 3.63) is 48.5 Å². The van der Waals surface area contributed by atoms with Gasteiger partial charge in [-0.2, -0.15) is 5.10 Å². The molecule has 0 atom stereocenters. The molecule has 0 radical (unpaired) electrons. The third-order valence-corrected chi connectivity index (χ3v) is 3.90. The van der Waals surface area contributed by atoms with Crippen LogP contribution in [0.4, 0.5) is 15.9 Å². The second kappa shape index (κ2) is 6.93. The highest BCUT2D eigenvalue weighted by molar-refractivity contribution is 5.92. The molecule has 3 heterocycles. The molecule has 0 amide bonds. The van der Waals surface area contributed by atoms with E-state index in [4.69, 9.17) is 9.47 Å². The van der Waals surface area contributed by atoms with Gasteiger partial charge in [0.1, 0.15) is 18.2 Å². The van der Waals surface area contributed by atoms with Crippen LogP contribution in [0.2, 0.25) is 0 Å². The lowest BCUT2D eigenvalue weighted by Crippen LogP contribution is -2.05. The molecule has 0 fully saturated rings. The Bertz CT molecular complexity index is 1070. The van der Waals surface area contributed by atoms with Gasteiger partial charge in [0.05, 0.1) is 18.2 Å². The lowest BCUT2D eigenvalue weighted by Gasteiger charge is -2.10. The number of H-pyrrole nitrogens is 1. The summed E-state index contributed by atoms with van der Waals surface area (Å²) in [6.07, 6.45) is 2.83. The number of nitrogens with zero attached hydrogens (tertiary/aromatic N) is 3. The van der Waals surface area contributed by atoms with Gasteiger partial charge in [0.15, 0.2) is 5.65 Å². The van der Waals surface area contributed by atoms with Crippen LogP contribution in [0.1, 0.15) is 0 Å². The lowest BCUT2D eigenvalue weighted by atomic mass is 10.1. The second-order valence-electron chi connectivity index (χ2n) is 5.64. The number of fused-ring (bicyclic) bond motifs is 2. The molecule has 0 unspecified atom stereocenters. The summed E-state index contributed by atoms with van der Waals surface area (Å²) in [5.74, 6) is 0.728. The third-order valence-electron chi connectivity index (χ3n) is 3.90. The van der Waals surface area contributed by atoms with Gasteiger partial charge in [-0.3, -0.25) is 5.10 Å². The Morgan fingerprint density at radius 1 is 1.12 bits per heavy atom. The zero-order chi connectivity index (χ0) is 17.9. The van der Waals surface area contributed by atoms with Crippen molar-refractivity contribution in [1.29, 1.82) is 0 Å². The van der Waals surface area contributed by atoms with E-state index in [0.29, 0.717) is 35.9 Å². The highest BCUT2D eigenvalue weighted by Gasteiger charge is 2.09. The van der Waals surface area contributed by atoms with Crippen molar-refractivity contribution in [2.24, 2.45) is 0 Å². The van der Waals surface area contributed by atoms with Gasteiger partial charge in [-0.1, -0.05) is 0 Å².